The molecular weight excluding hydrogens is 265 g/mol. The molecule has 0 saturated carbocycles. The van der Waals surface area contributed by atoms with Crippen LogP contribution >= 0.6 is 11.6 Å². The Hall–Kier alpha value is -0.650. The maximum Gasteiger partial charge on any atom is 0.150 e. The molecular formula is C11H13ClFNO2S. The van der Waals surface area contributed by atoms with Crippen LogP contribution in [0.3, 0.4) is 0 Å². The van der Waals surface area contributed by atoms with Crippen LogP contribution < -0.4 is 5.73 Å². The van der Waals surface area contributed by atoms with Gasteiger partial charge >= 0.3 is 0 Å². The number of rotatable bonds is 2. The average Bonchev–Trinajstić information content (AvgIpc) is 2.58. The molecule has 1 aromatic rings. The Morgan fingerprint density at radius 3 is 2.71 bits per heavy atom. The standard InChI is InChI=1S/C11H13ClFNO2S/c12-8-2-1-3-9(13)10(8)11(14)7-4-5-17(15,16)6-7/h1-3,7,11H,4-6,14H2. The summed E-state index contributed by atoms with van der Waals surface area (Å²) in [6.45, 7) is 0. The molecule has 1 aliphatic heterocycles. The zero-order chi connectivity index (χ0) is 12.6. The topological polar surface area (TPSA) is 60.2 Å². The van der Waals surface area contributed by atoms with Crippen LogP contribution in [0.15, 0.2) is 18.2 Å². The number of benzene rings is 1. The first-order chi connectivity index (χ1) is 7.91. The molecule has 1 aromatic carbocycles. The molecule has 0 spiro atoms. The average molecular weight is 278 g/mol. The molecule has 0 amide bonds. The van der Waals surface area contributed by atoms with Gasteiger partial charge in [-0.15, -0.1) is 0 Å². The summed E-state index contributed by atoms with van der Waals surface area (Å²) in [5.74, 6) is -0.598. The highest BCUT2D eigenvalue weighted by molar-refractivity contribution is 7.91. The van der Waals surface area contributed by atoms with Crippen molar-refractivity contribution in [3.63, 3.8) is 0 Å². The van der Waals surface area contributed by atoms with E-state index in [0.29, 0.717) is 6.42 Å². The highest BCUT2D eigenvalue weighted by atomic mass is 35.5. The molecule has 2 N–H and O–H groups in total. The summed E-state index contributed by atoms with van der Waals surface area (Å²) in [5.41, 5.74) is 6.15. The van der Waals surface area contributed by atoms with Gasteiger partial charge in [-0.05, 0) is 24.5 Å². The molecule has 2 atom stereocenters. The van der Waals surface area contributed by atoms with Crippen molar-refractivity contribution < 1.29 is 12.8 Å². The second-order valence-electron chi connectivity index (χ2n) is 4.32. The van der Waals surface area contributed by atoms with Crippen molar-refractivity contribution in [3.8, 4) is 0 Å². The molecule has 1 aliphatic rings. The van der Waals surface area contributed by atoms with Crippen molar-refractivity contribution in [2.75, 3.05) is 11.5 Å². The van der Waals surface area contributed by atoms with E-state index in [4.69, 9.17) is 17.3 Å². The van der Waals surface area contributed by atoms with Crippen molar-refractivity contribution in [3.05, 3.63) is 34.6 Å². The minimum Gasteiger partial charge on any atom is -0.324 e. The molecule has 0 bridgehead atoms. The van der Waals surface area contributed by atoms with Gasteiger partial charge in [0.05, 0.1) is 11.5 Å². The fourth-order valence-electron chi connectivity index (χ4n) is 2.17. The van der Waals surface area contributed by atoms with Crippen LogP contribution in [0.1, 0.15) is 18.0 Å². The Labute approximate surface area is 105 Å². The lowest BCUT2D eigenvalue weighted by molar-refractivity contribution is 0.459. The Morgan fingerprint density at radius 2 is 2.18 bits per heavy atom. The summed E-state index contributed by atoms with van der Waals surface area (Å²) in [6.07, 6.45) is 0.466. The number of halogens is 2. The van der Waals surface area contributed by atoms with E-state index in [0.717, 1.165) is 0 Å². The molecule has 3 nitrogen and oxygen atoms in total. The van der Waals surface area contributed by atoms with E-state index in [1.807, 2.05) is 0 Å². The maximum atomic E-state index is 13.6. The molecule has 2 rings (SSSR count). The van der Waals surface area contributed by atoms with Crippen LogP contribution in [0, 0.1) is 11.7 Å². The van der Waals surface area contributed by atoms with Crippen molar-refractivity contribution in [2.45, 2.75) is 12.5 Å². The summed E-state index contributed by atoms with van der Waals surface area (Å²) >= 11 is 5.90. The molecule has 1 saturated heterocycles. The Bertz CT molecular complexity index is 512. The Kier molecular flexibility index (Phi) is 3.43. The maximum absolute atomic E-state index is 13.6. The fraction of sp³-hybridized carbons (Fsp3) is 0.455. The van der Waals surface area contributed by atoms with E-state index in [1.165, 1.54) is 12.1 Å². The summed E-state index contributed by atoms with van der Waals surface area (Å²) in [5, 5.41) is 0.252. The summed E-state index contributed by atoms with van der Waals surface area (Å²) in [6, 6.07) is 3.67. The van der Waals surface area contributed by atoms with Gasteiger partial charge in [-0.3, -0.25) is 0 Å². The fourth-order valence-corrected chi connectivity index (χ4v) is 4.32. The second kappa shape index (κ2) is 4.55. The number of sulfone groups is 1. The number of nitrogens with two attached hydrogens (primary N) is 1. The predicted molar refractivity (Wildman–Crippen MR) is 65.1 cm³/mol. The zero-order valence-electron chi connectivity index (χ0n) is 9.07. The van der Waals surface area contributed by atoms with Crippen molar-refractivity contribution in [2.24, 2.45) is 11.7 Å². The molecule has 2 unspecified atom stereocenters. The van der Waals surface area contributed by atoms with Crippen LogP contribution in [0.4, 0.5) is 4.39 Å². The van der Waals surface area contributed by atoms with E-state index in [2.05, 4.69) is 0 Å². The van der Waals surface area contributed by atoms with Crippen molar-refractivity contribution >= 4 is 21.4 Å². The number of hydrogen-bond donors (Lipinski definition) is 1. The quantitative estimate of drug-likeness (QED) is 0.898. The third-order valence-corrected chi connectivity index (χ3v) is 5.23. The lowest BCUT2D eigenvalue weighted by atomic mass is 9.93. The summed E-state index contributed by atoms with van der Waals surface area (Å²) in [4.78, 5) is 0. The van der Waals surface area contributed by atoms with Gasteiger partial charge in [-0.1, -0.05) is 17.7 Å². The molecule has 1 fully saturated rings. The molecule has 0 radical (unpaired) electrons. The normalized spacial score (nSPS) is 24.8. The monoisotopic (exact) mass is 277 g/mol. The third kappa shape index (κ3) is 2.61. The first-order valence-electron chi connectivity index (χ1n) is 5.30. The van der Waals surface area contributed by atoms with Crippen LogP contribution in [-0.2, 0) is 9.84 Å². The van der Waals surface area contributed by atoms with Gasteiger partial charge in [0.2, 0.25) is 0 Å². The first kappa shape index (κ1) is 12.8. The lowest BCUT2D eigenvalue weighted by Crippen LogP contribution is -2.23. The molecule has 6 heteroatoms. The molecule has 94 valence electrons. The van der Waals surface area contributed by atoms with Crippen molar-refractivity contribution in [1.82, 2.24) is 0 Å². The SMILES string of the molecule is NC(c1c(F)cccc1Cl)C1CCS(=O)(=O)C1. The minimum absolute atomic E-state index is 0.0127. The van der Waals surface area contributed by atoms with E-state index >= 15 is 0 Å². The van der Waals surface area contributed by atoms with Crippen molar-refractivity contribution in [1.29, 1.82) is 0 Å². The largest absolute Gasteiger partial charge is 0.324 e. The van der Waals surface area contributed by atoms with Gasteiger partial charge in [0.1, 0.15) is 5.82 Å². The lowest BCUT2D eigenvalue weighted by Gasteiger charge is -2.19. The highest BCUT2D eigenvalue weighted by Crippen LogP contribution is 2.34. The van der Waals surface area contributed by atoms with Gasteiger partial charge < -0.3 is 5.73 Å². The third-order valence-electron chi connectivity index (χ3n) is 3.11. The zero-order valence-corrected chi connectivity index (χ0v) is 10.6. The van der Waals surface area contributed by atoms with Crippen LogP contribution in [0.25, 0.3) is 0 Å². The van der Waals surface area contributed by atoms with Gasteiger partial charge in [-0.2, -0.15) is 0 Å². The second-order valence-corrected chi connectivity index (χ2v) is 6.96. The predicted octanol–water partition coefficient (Wildman–Crippen LogP) is 1.91. The minimum atomic E-state index is -3.02. The first-order valence-corrected chi connectivity index (χ1v) is 7.50. The summed E-state index contributed by atoms with van der Waals surface area (Å²) in [7, 11) is -3.02. The van der Waals surface area contributed by atoms with Crippen LogP contribution in [-0.4, -0.2) is 19.9 Å². The van der Waals surface area contributed by atoms with E-state index in [-0.39, 0.29) is 28.0 Å². The van der Waals surface area contributed by atoms with Gasteiger partial charge in [0.15, 0.2) is 9.84 Å². The highest BCUT2D eigenvalue weighted by Gasteiger charge is 2.34. The van der Waals surface area contributed by atoms with Crippen LogP contribution in [0.2, 0.25) is 5.02 Å². The molecule has 17 heavy (non-hydrogen) atoms. The van der Waals surface area contributed by atoms with E-state index in [1.54, 1.807) is 6.07 Å². The van der Waals surface area contributed by atoms with Crippen LogP contribution in [0.5, 0.6) is 0 Å². The molecule has 0 aliphatic carbocycles. The van der Waals surface area contributed by atoms with Gasteiger partial charge in [-0.25, -0.2) is 12.8 Å². The smallest absolute Gasteiger partial charge is 0.150 e. The van der Waals surface area contributed by atoms with E-state index in [9.17, 15) is 12.8 Å². The molecule has 0 aromatic heterocycles. The Morgan fingerprint density at radius 1 is 1.47 bits per heavy atom. The number of hydrogen-bond acceptors (Lipinski definition) is 3. The van der Waals surface area contributed by atoms with Gasteiger partial charge in [0, 0.05) is 16.6 Å². The van der Waals surface area contributed by atoms with Gasteiger partial charge in [0.25, 0.3) is 0 Å². The van der Waals surface area contributed by atoms with E-state index < -0.39 is 21.7 Å². The molecule has 1 heterocycles. The Balaban J connectivity index is 2.29. The summed E-state index contributed by atoms with van der Waals surface area (Å²) < 4.78 is 36.4.